The van der Waals surface area contributed by atoms with Crippen LogP contribution < -0.4 is 9.64 Å². The Labute approximate surface area is 254 Å². The number of aliphatic hydroxyl groups is 1. The first-order valence-electron chi connectivity index (χ1n) is 12.8. The lowest BCUT2D eigenvalue weighted by atomic mass is 9.95. The number of halogens is 1. The number of aliphatic hydroxyl groups excluding tert-OH is 1. The standard InChI is InChI=1S/C31H22ClN3O5S2/c1-18-10-15-24(39-18)27(36)25-26(20-6-5-9-23(16-20)40-22-7-3-2-4-8-22)35(29(38)28(25)37)30-33-34-31(42-30)41-17-19-11-13-21(32)14-12-19/h2-16,26,37H,17H2,1H3. The molecule has 1 unspecified atom stereocenters. The first kappa shape index (κ1) is 27.8. The second kappa shape index (κ2) is 11.8. The molecule has 210 valence electrons. The summed E-state index contributed by atoms with van der Waals surface area (Å²) in [5.74, 6) is 0.259. The van der Waals surface area contributed by atoms with Gasteiger partial charge in [0.25, 0.3) is 5.91 Å². The molecule has 2 aromatic heterocycles. The van der Waals surface area contributed by atoms with Gasteiger partial charge in [0.05, 0.1) is 11.6 Å². The predicted octanol–water partition coefficient (Wildman–Crippen LogP) is 7.96. The molecule has 0 aliphatic carbocycles. The summed E-state index contributed by atoms with van der Waals surface area (Å²) in [5.41, 5.74) is 1.47. The SMILES string of the molecule is Cc1ccc(C(=O)C2=C(O)C(=O)N(c3nnc(SCc4ccc(Cl)cc4)s3)C2c2cccc(Oc3ccccc3)c2)o1. The monoisotopic (exact) mass is 615 g/mol. The molecule has 0 saturated carbocycles. The molecule has 8 nitrogen and oxygen atoms in total. The van der Waals surface area contributed by atoms with Gasteiger partial charge in [-0.05, 0) is 66.6 Å². The molecule has 42 heavy (non-hydrogen) atoms. The lowest BCUT2D eigenvalue weighted by molar-refractivity contribution is -0.117. The van der Waals surface area contributed by atoms with Gasteiger partial charge in [-0.1, -0.05) is 77.2 Å². The Morgan fingerprint density at radius 2 is 1.79 bits per heavy atom. The van der Waals surface area contributed by atoms with Crippen molar-refractivity contribution >= 4 is 51.5 Å². The number of hydrogen-bond acceptors (Lipinski definition) is 9. The van der Waals surface area contributed by atoms with Crippen molar-refractivity contribution in [3.63, 3.8) is 0 Å². The number of para-hydroxylation sites is 1. The molecular formula is C31H22ClN3O5S2. The maximum atomic E-state index is 13.7. The maximum Gasteiger partial charge on any atom is 0.296 e. The Morgan fingerprint density at radius 3 is 2.52 bits per heavy atom. The average molecular weight is 616 g/mol. The van der Waals surface area contributed by atoms with Crippen molar-refractivity contribution in [2.24, 2.45) is 0 Å². The number of anilines is 1. The van der Waals surface area contributed by atoms with Crippen LogP contribution in [0, 0.1) is 6.92 Å². The van der Waals surface area contributed by atoms with E-state index in [0.29, 0.717) is 37.9 Å². The molecule has 5 aromatic rings. The van der Waals surface area contributed by atoms with Crippen molar-refractivity contribution in [2.75, 3.05) is 4.90 Å². The summed E-state index contributed by atoms with van der Waals surface area (Å²) in [6.07, 6.45) is 0. The molecule has 1 N–H and O–H groups in total. The number of amides is 1. The quantitative estimate of drug-likeness (QED) is 0.101. The highest BCUT2D eigenvalue weighted by Crippen LogP contribution is 2.44. The number of ketones is 1. The number of aryl methyl sites for hydroxylation is 1. The summed E-state index contributed by atoms with van der Waals surface area (Å²) in [6.45, 7) is 1.71. The van der Waals surface area contributed by atoms with E-state index >= 15 is 0 Å². The van der Waals surface area contributed by atoms with Gasteiger partial charge >= 0.3 is 0 Å². The van der Waals surface area contributed by atoms with Gasteiger partial charge in [-0.2, -0.15) is 0 Å². The van der Waals surface area contributed by atoms with E-state index in [2.05, 4.69) is 10.2 Å². The summed E-state index contributed by atoms with van der Waals surface area (Å²) in [7, 11) is 0. The van der Waals surface area contributed by atoms with Crippen molar-refractivity contribution < 1.29 is 23.8 Å². The molecule has 11 heteroatoms. The van der Waals surface area contributed by atoms with Gasteiger partial charge < -0.3 is 14.3 Å². The van der Waals surface area contributed by atoms with Crippen molar-refractivity contribution in [1.29, 1.82) is 0 Å². The van der Waals surface area contributed by atoms with E-state index in [0.717, 1.165) is 5.56 Å². The van der Waals surface area contributed by atoms with Crippen LogP contribution in [-0.2, 0) is 10.5 Å². The first-order chi connectivity index (χ1) is 20.4. The Bertz CT molecular complexity index is 1800. The van der Waals surface area contributed by atoms with Crippen LogP contribution >= 0.6 is 34.7 Å². The van der Waals surface area contributed by atoms with Crippen molar-refractivity contribution in [2.45, 2.75) is 23.1 Å². The minimum atomic E-state index is -1.00. The van der Waals surface area contributed by atoms with Gasteiger partial charge in [0, 0.05) is 10.8 Å². The largest absolute Gasteiger partial charge is 0.503 e. The van der Waals surface area contributed by atoms with Crippen molar-refractivity contribution in [1.82, 2.24) is 10.2 Å². The van der Waals surface area contributed by atoms with Crippen LogP contribution in [0.4, 0.5) is 5.13 Å². The van der Waals surface area contributed by atoms with Gasteiger partial charge in [0.1, 0.15) is 17.3 Å². The van der Waals surface area contributed by atoms with Gasteiger partial charge in [-0.15, -0.1) is 10.2 Å². The van der Waals surface area contributed by atoms with E-state index < -0.39 is 23.5 Å². The molecule has 1 atom stereocenters. The number of thioether (sulfide) groups is 1. The number of aromatic nitrogens is 2. The zero-order valence-corrected chi connectivity index (χ0v) is 24.4. The molecule has 6 rings (SSSR count). The Morgan fingerprint density at radius 1 is 1.02 bits per heavy atom. The zero-order valence-electron chi connectivity index (χ0n) is 22.1. The third-order valence-electron chi connectivity index (χ3n) is 6.45. The highest BCUT2D eigenvalue weighted by Gasteiger charge is 2.46. The minimum absolute atomic E-state index is 0.0156. The fraction of sp³-hybridized carbons (Fsp3) is 0.0968. The molecule has 3 heterocycles. The fourth-order valence-corrected chi connectivity index (χ4v) is 6.45. The van der Waals surface area contributed by atoms with Crippen LogP contribution in [0.3, 0.4) is 0 Å². The molecule has 1 aliphatic rings. The Balaban J connectivity index is 1.35. The second-order valence-corrected chi connectivity index (χ2v) is 11.9. The summed E-state index contributed by atoms with van der Waals surface area (Å²) in [4.78, 5) is 28.5. The third kappa shape index (κ3) is 5.69. The highest BCUT2D eigenvalue weighted by atomic mass is 35.5. The molecule has 0 bridgehead atoms. The third-order valence-corrected chi connectivity index (χ3v) is 8.83. The molecule has 1 amide bonds. The van der Waals surface area contributed by atoms with Crippen LogP contribution in [0.2, 0.25) is 5.02 Å². The number of benzene rings is 3. The molecule has 0 saturated heterocycles. The zero-order chi connectivity index (χ0) is 29.2. The van der Waals surface area contributed by atoms with Crippen LogP contribution in [0.15, 0.2) is 111 Å². The number of nitrogens with zero attached hydrogens (tertiary/aromatic N) is 3. The van der Waals surface area contributed by atoms with Gasteiger partial charge in [-0.25, -0.2) is 0 Å². The Hall–Kier alpha value is -4.38. The smallest absolute Gasteiger partial charge is 0.296 e. The number of hydrogen-bond donors (Lipinski definition) is 1. The van der Waals surface area contributed by atoms with Crippen molar-refractivity contribution in [3.05, 3.63) is 130 Å². The normalized spacial score (nSPS) is 15.0. The molecular weight excluding hydrogens is 594 g/mol. The van der Waals surface area contributed by atoms with Gasteiger partial charge in [-0.3, -0.25) is 14.5 Å². The topological polar surface area (TPSA) is 106 Å². The average Bonchev–Trinajstić information content (AvgIpc) is 3.71. The number of furan rings is 1. The van der Waals surface area contributed by atoms with Crippen LogP contribution in [0.5, 0.6) is 11.5 Å². The maximum absolute atomic E-state index is 13.7. The van der Waals surface area contributed by atoms with E-state index in [1.54, 1.807) is 37.3 Å². The van der Waals surface area contributed by atoms with E-state index in [-0.39, 0.29) is 16.5 Å². The minimum Gasteiger partial charge on any atom is -0.503 e. The van der Waals surface area contributed by atoms with E-state index in [4.69, 9.17) is 20.8 Å². The van der Waals surface area contributed by atoms with E-state index in [9.17, 15) is 14.7 Å². The number of carbonyl (C=O) groups is 2. The summed E-state index contributed by atoms with van der Waals surface area (Å²) >= 11 is 8.64. The van der Waals surface area contributed by atoms with Gasteiger partial charge in [0.2, 0.25) is 10.9 Å². The number of ether oxygens (including phenoxy) is 1. The summed E-state index contributed by atoms with van der Waals surface area (Å²) in [5, 5.41) is 20.5. The number of Topliss-reactive ketones (excluding diaryl/α,β-unsaturated/α-hetero) is 1. The van der Waals surface area contributed by atoms with E-state index in [1.165, 1.54) is 34.1 Å². The molecule has 0 radical (unpaired) electrons. The molecule has 3 aromatic carbocycles. The number of rotatable bonds is 9. The highest BCUT2D eigenvalue weighted by molar-refractivity contribution is 8.00. The predicted molar refractivity (Wildman–Crippen MR) is 162 cm³/mol. The van der Waals surface area contributed by atoms with Crippen LogP contribution in [0.1, 0.15) is 33.5 Å². The lowest BCUT2D eigenvalue weighted by Crippen LogP contribution is -2.31. The second-order valence-electron chi connectivity index (χ2n) is 9.33. The first-order valence-corrected chi connectivity index (χ1v) is 15.0. The van der Waals surface area contributed by atoms with Crippen LogP contribution in [-0.4, -0.2) is 27.0 Å². The number of carbonyl (C=O) groups excluding carboxylic acids is 2. The molecule has 0 spiro atoms. The molecule has 1 aliphatic heterocycles. The van der Waals surface area contributed by atoms with Crippen molar-refractivity contribution in [3.8, 4) is 11.5 Å². The van der Waals surface area contributed by atoms with Crippen LogP contribution in [0.25, 0.3) is 0 Å². The Kier molecular flexibility index (Phi) is 7.84. The van der Waals surface area contributed by atoms with Gasteiger partial charge in [0.15, 0.2) is 15.9 Å². The molecule has 0 fully saturated rings. The van der Waals surface area contributed by atoms with E-state index in [1.807, 2.05) is 54.6 Å². The fourth-order valence-electron chi connectivity index (χ4n) is 4.50. The summed E-state index contributed by atoms with van der Waals surface area (Å²) < 4.78 is 12.2. The lowest BCUT2D eigenvalue weighted by Gasteiger charge is -2.24. The summed E-state index contributed by atoms with van der Waals surface area (Å²) in [6, 6.07) is 25.9.